The van der Waals surface area contributed by atoms with Crippen LogP contribution in [0.25, 0.3) is 0 Å². The van der Waals surface area contributed by atoms with Crippen LogP contribution in [-0.4, -0.2) is 12.4 Å². The second-order valence-electron chi connectivity index (χ2n) is 4.14. The molecule has 0 fully saturated rings. The highest BCUT2D eigenvalue weighted by atomic mass is 33.1. The first-order valence-corrected chi connectivity index (χ1v) is 8.27. The molecule has 0 heterocycles. The maximum absolute atomic E-state index is 5.82. The van der Waals surface area contributed by atoms with Crippen LogP contribution in [0.15, 0.2) is 24.3 Å². The first-order chi connectivity index (χ1) is 7.63. The van der Waals surface area contributed by atoms with Crippen molar-refractivity contribution in [2.75, 3.05) is 6.26 Å². The number of rotatable bonds is 6. The fourth-order valence-electron chi connectivity index (χ4n) is 1.14. The average Bonchev–Trinajstić information content (AvgIpc) is 2.28. The van der Waals surface area contributed by atoms with Crippen LogP contribution in [-0.2, 0) is 5.75 Å². The van der Waals surface area contributed by atoms with Gasteiger partial charge in [-0.1, -0.05) is 47.6 Å². The Kier molecular flexibility index (Phi) is 6.14. The van der Waals surface area contributed by atoms with E-state index in [9.17, 15) is 0 Å². The largest absolute Gasteiger partial charge is 0.490 e. The van der Waals surface area contributed by atoms with Crippen molar-refractivity contribution in [1.82, 2.24) is 0 Å². The fraction of sp³-hybridized carbons (Fsp3) is 0.538. The van der Waals surface area contributed by atoms with Crippen LogP contribution < -0.4 is 4.74 Å². The minimum atomic E-state index is 0.270. The first-order valence-electron chi connectivity index (χ1n) is 5.54. The van der Waals surface area contributed by atoms with E-state index in [2.05, 4.69) is 51.3 Å². The number of ether oxygens (including phenoxy) is 1. The van der Waals surface area contributed by atoms with E-state index >= 15 is 0 Å². The van der Waals surface area contributed by atoms with Gasteiger partial charge in [0.1, 0.15) is 5.75 Å². The van der Waals surface area contributed by atoms with Gasteiger partial charge in [0.2, 0.25) is 0 Å². The Labute approximate surface area is 107 Å². The first kappa shape index (κ1) is 13.8. The molecule has 3 heteroatoms. The summed E-state index contributed by atoms with van der Waals surface area (Å²) in [6, 6.07) is 8.42. The van der Waals surface area contributed by atoms with Crippen LogP contribution in [0.2, 0.25) is 0 Å². The molecule has 0 radical (unpaired) electrons. The third-order valence-electron chi connectivity index (χ3n) is 2.53. The van der Waals surface area contributed by atoms with Crippen LogP contribution in [0.3, 0.4) is 0 Å². The molecule has 0 saturated heterocycles. The Balaban J connectivity index is 2.51. The maximum Gasteiger partial charge on any atom is 0.119 e. The van der Waals surface area contributed by atoms with E-state index in [1.807, 2.05) is 10.8 Å². The highest BCUT2D eigenvalue weighted by Crippen LogP contribution is 2.24. The second-order valence-corrected chi connectivity index (χ2v) is 6.70. The lowest BCUT2D eigenvalue weighted by Crippen LogP contribution is -2.18. The van der Waals surface area contributed by atoms with Crippen molar-refractivity contribution in [3.8, 4) is 5.75 Å². The Morgan fingerprint density at radius 1 is 1.12 bits per heavy atom. The Morgan fingerprint density at radius 3 is 2.25 bits per heavy atom. The smallest absolute Gasteiger partial charge is 0.119 e. The van der Waals surface area contributed by atoms with Crippen molar-refractivity contribution in [2.24, 2.45) is 5.92 Å². The van der Waals surface area contributed by atoms with Crippen LogP contribution >= 0.6 is 21.6 Å². The molecule has 0 spiro atoms. The molecule has 1 nitrogen and oxygen atoms in total. The van der Waals surface area contributed by atoms with Crippen molar-refractivity contribution in [3.63, 3.8) is 0 Å². The SMILES string of the molecule is CSSCc1ccc(O[C@@H](C)C(C)C)cc1. The molecule has 1 aromatic rings. The van der Waals surface area contributed by atoms with Gasteiger partial charge in [-0.15, -0.1) is 0 Å². The van der Waals surface area contributed by atoms with Crippen molar-refractivity contribution in [1.29, 1.82) is 0 Å². The maximum atomic E-state index is 5.82. The number of hydrogen-bond acceptors (Lipinski definition) is 3. The fourth-order valence-corrected chi connectivity index (χ4v) is 2.35. The van der Waals surface area contributed by atoms with Crippen molar-refractivity contribution in [2.45, 2.75) is 32.6 Å². The van der Waals surface area contributed by atoms with E-state index in [4.69, 9.17) is 4.74 Å². The summed E-state index contributed by atoms with van der Waals surface area (Å²) in [5.74, 6) is 2.58. The van der Waals surface area contributed by atoms with Gasteiger partial charge in [0.05, 0.1) is 6.10 Å². The highest BCUT2D eigenvalue weighted by Gasteiger charge is 2.08. The van der Waals surface area contributed by atoms with Crippen molar-refractivity contribution < 1.29 is 4.74 Å². The minimum absolute atomic E-state index is 0.270. The van der Waals surface area contributed by atoms with Crippen molar-refractivity contribution in [3.05, 3.63) is 29.8 Å². The van der Waals surface area contributed by atoms with Gasteiger partial charge in [-0.05, 0) is 36.8 Å². The summed E-state index contributed by atoms with van der Waals surface area (Å²) in [5, 5.41) is 0. The predicted molar refractivity (Wildman–Crippen MR) is 76.2 cm³/mol. The van der Waals surface area contributed by atoms with E-state index in [1.165, 1.54) is 5.56 Å². The monoisotopic (exact) mass is 256 g/mol. The molecule has 0 aliphatic rings. The van der Waals surface area contributed by atoms with Gasteiger partial charge >= 0.3 is 0 Å². The lowest BCUT2D eigenvalue weighted by atomic mass is 10.1. The number of hydrogen-bond donors (Lipinski definition) is 0. The molecule has 16 heavy (non-hydrogen) atoms. The standard InChI is InChI=1S/C13H20OS2/c1-10(2)11(3)14-13-7-5-12(6-8-13)9-16-15-4/h5-8,10-11H,9H2,1-4H3/t11-/m0/s1. The summed E-state index contributed by atoms with van der Waals surface area (Å²) < 4.78 is 5.82. The molecule has 0 unspecified atom stereocenters. The molecule has 0 saturated carbocycles. The summed E-state index contributed by atoms with van der Waals surface area (Å²) in [4.78, 5) is 0. The molecule has 90 valence electrons. The van der Waals surface area contributed by atoms with Gasteiger partial charge in [0, 0.05) is 5.75 Å². The third kappa shape index (κ3) is 4.71. The van der Waals surface area contributed by atoms with Crippen LogP contribution in [0, 0.1) is 5.92 Å². The summed E-state index contributed by atoms with van der Waals surface area (Å²) in [7, 11) is 3.66. The molecule has 0 amide bonds. The molecule has 0 N–H and O–H groups in total. The van der Waals surface area contributed by atoms with Gasteiger partial charge in [-0.25, -0.2) is 0 Å². The Morgan fingerprint density at radius 2 is 1.75 bits per heavy atom. The predicted octanol–water partition coefficient (Wildman–Crippen LogP) is 4.62. The minimum Gasteiger partial charge on any atom is -0.490 e. The topological polar surface area (TPSA) is 9.23 Å². The van der Waals surface area contributed by atoms with Gasteiger partial charge in [-0.3, -0.25) is 0 Å². The van der Waals surface area contributed by atoms with Crippen LogP contribution in [0.5, 0.6) is 5.75 Å². The van der Waals surface area contributed by atoms with Crippen molar-refractivity contribution >= 4 is 21.6 Å². The zero-order chi connectivity index (χ0) is 12.0. The molecule has 1 aromatic carbocycles. The zero-order valence-corrected chi connectivity index (χ0v) is 12.0. The van der Waals surface area contributed by atoms with Gasteiger partial charge in [0.15, 0.2) is 0 Å². The molecule has 0 aliphatic carbocycles. The number of benzene rings is 1. The van der Waals surface area contributed by atoms with E-state index in [-0.39, 0.29) is 6.10 Å². The molecular formula is C13H20OS2. The molecule has 1 atom stereocenters. The van der Waals surface area contributed by atoms with E-state index in [0.717, 1.165) is 11.5 Å². The van der Waals surface area contributed by atoms with Gasteiger partial charge in [-0.2, -0.15) is 0 Å². The van der Waals surface area contributed by atoms with Gasteiger partial charge < -0.3 is 4.74 Å². The molecule has 1 rings (SSSR count). The Bertz CT molecular complexity index is 295. The quantitative estimate of drug-likeness (QED) is 0.687. The highest BCUT2D eigenvalue weighted by molar-refractivity contribution is 8.76. The summed E-state index contributed by atoms with van der Waals surface area (Å²) in [5.41, 5.74) is 1.35. The van der Waals surface area contributed by atoms with Crippen LogP contribution in [0.1, 0.15) is 26.3 Å². The third-order valence-corrected chi connectivity index (χ3v) is 4.28. The second kappa shape index (κ2) is 7.13. The summed E-state index contributed by atoms with van der Waals surface area (Å²) in [6.45, 7) is 6.46. The van der Waals surface area contributed by atoms with E-state index in [0.29, 0.717) is 5.92 Å². The lowest BCUT2D eigenvalue weighted by Gasteiger charge is -2.18. The molecule has 0 aliphatic heterocycles. The average molecular weight is 256 g/mol. The normalized spacial score (nSPS) is 12.8. The van der Waals surface area contributed by atoms with E-state index < -0.39 is 0 Å². The zero-order valence-electron chi connectivity index (χ0n) is 10.4. The van der Waals surface area contributed by atoms with E-state index in [1.54, 1.807) is 10.8 Å². The van der Waals surface area contributed by atoms with Crippen LogP contribution in [0.4, 0.5) is 0 Å². The summed E-state index contributed by atoms with van der Waals surface area (Å²) >= 11 is 0. The molecular weight excluding hydrogens is 236 g/mol. The molecule has 0 aromatic heterocycles. The Hall–Kier alpha value is -0.280. The lowest BCUT2D eigenvalue weighted by molar-refractivity contribution is 0.170. The summed E-state index contributed by atoms with van der Waals surface area (Å²) in [6.07, 6.45) is 2.37. The van der Waals surface area contributed by atoms with Gasteiger partial charge in [0.25, 0.3) is 0 Å². The molecule has 0 bridgehead atoms.